The first kappa shape index (κ1) is 16.8. The van der Waals surface area contributed by atoms with Gasteiger partial charge in [0.15, 0.2) is 11.4 Å². The van der Waals surface area contributed by atoms with E-state index in [4.69, 9.17) is 10.00 Å². The molecule has 2 aromatic rings. The molecule has 0 spiro atoms. The first-order valence-corrected chi connectivity index (χ1v) is 6.87. The van der Waals surface area contributed by atoms with Crippen LogP contribution in [-0.2, 0) is 11.6 Å². The van der Waals surface area contributed by atoms with Gasteiger partial charge in [0, 0.05) is 6.20 Å². The molecule has 2 rings (SSSR count). The van der Waals surface area contributed by atoms with E-state index in [0.717, 1.165) is 11.6 Å². The van der Waals surface area contributed by atoms with Gasteiger partial charge in [-0.05, 0) is 29.2 Å². The molecule has 3 nitrogen and oxygen atoms in total. The van der Waals surface area contributed by atoms with Crippen LogP contribution in [0.5, 0.6) is 11.5 Å². The molecular formula is C17H15F3N2O. The normalized spacial score (nSPS) is 11.9. The number of nitrogens with zero attached hydrogens (tertiary/aromatic N) is 2. The van der Waals surface area contributed by atoms with Crippen LogP contribution in [0.25, 0.3) is 0 Å². The van der Waals surface area contributed by atoms with E-state index in [9.17, 15) is 13.2 Å². The molecule has 1 aromatic heterocycles. The van der Waals surface area contributed by atoms with E-state index < -0.39 is 11.7 Å². The Labute approximate surface area is 132 Å². The van der Waals surface area contributed by atoms with Gasteiger partial charge in [0.1, 0.15) is 11.8 Å². The van der Waals surface area contributed by atoms with Gasteiger partial charge < -0.3 is 4.74 Å². The lowest BCUT2D eigenvalue weighted by molar-refractivity contribution is -0.137. The van der Waals surface area contributed by atoms with Crippen LogP contribution in [-0.4, -0.2) is 4.98 Å². The van der Waals surface area contributed by atoms with Crippen molar-refractivity contribution in [2.24, 2.45) is 0 Å². The minimum absolute atomic E-state index is 0.0475. The van der Waals surface area contributed by atoms with Crippen LogP contribution in [0.1, 0.15) is 37.6 Å². The Morgan fingerprint density at radius 2 is 1.65 bits per heavy atom. The predicted octanol–water partition coefficient (Wildman–Crippen LogP) is 5.06. The number of hydrogen-bond donors (Lipinski definition) is 0. The number of alkyl halides is 3. The molecule has 0 aliphatic heterocycles. The second-order valence-corrected chi connectivity index (χ2v) is 6.06. The molecule has 23 heavy (non-hydrogen) atoms. The average Bonchev–Trinajstić information content (AvgIpc) is 2.46. The zero-order chi connectivity index (χ0) is 17.3. The fraction of sp³-hybridized carbons (Fsp3) is 0.294. The molecule has 0 saturated carbocycles. The van der Waals surface area contributed by atoms with Crippen molar-refractivity contribution in [2.75, 3.05) is 0 Å². The highest BCUT2D eigenvalue weighted by Gasteiger charge is 2.32. The Kier molecular flexibility index (Phi) is 4.33. The molecule has 0 N–H and O–H groups in total. The Bertz CT molecular complexity index is 738. The molecule has 0 unspecified atom stereocenters. The summed E-state index contributed by atoms with van der Waals surface area (Å²) in [6.45, 7) is 6.15. The van der Waals surface area contributed by atoms with Crippen LogP contribution in [0, 0.1) is 11.3 Å². The summed E-state index contributed by atoms with van der Waals surface area (Å²) >= 11 is 0. The highest BCUT2D eigenvalue weighted by Crippen LogP contribution is 2.34. The van der Waals surface area contributed by atoms with Crippen LogP contribution in [0.4, 0.5) is 13.2 Å². The first-order chi connectivity index (χ1) is 10.6. The minimum atomic E-state index is -4.55. The highest BCUT2D eigenvalue weighted by molar-refractivity contribution is 5.43. The van der Waals surface area contributed by atoms with Gasteiger partial charge in [-0.15, -0.1) is 0 Å². The van der Waals surface area contributed by atoms with E-state index in [0.29, 0.717) is 11.9 Å². The number of benzene rings is 1. The highest BCUT2D eigenvalue weighted by atomic mass is 19.4. The third-order valence-corrected chi connectivity index (χ3v) is 3.23. The van der Waals surface area contributed by atoms with E-state index >= 15 is 0 Å². The number of ether oxygens (including phenoxy) is 1. The summed E-state index contributed by atoms with van der Waals surface area (Å²) in [7, 11) is 0. The van der Waals surface area contributed by atoms with Gasteiger partial charge >= 0.3 is 6.18 Å². The quantitative estimate of drug-likeness (QED) is 0.777. The molecule has 0 aliphatic carbocycles. The summed E-state index contributed by atoms with van der Waals surface area (Å²) in [6, 6.07) is 9.49. The molecule has 0 amide bonds. The van der Waals surface area contributed by atoms with E-state index in [1.165, 1.54) is 0 Å². The lowest BCUT2D eigenvalue weighted by atomic mass is 9.87. The topological polar surface area (TPSA) is 45.9 Å². The monoisotopic (exact) mass is 320 g/mol. The van der Waals surface area contributed by atoms with Crippen molar-refractivity contribution in [3.63, 3.8) is 0 Å². The lowest BCUT2D eigenvalue weighted by Gasteiger charge is -2.19. The van der Waals surface area contributed by atoms with Crippen LogP contribution in [0.15, 0.2) is 36.5 Å². The maximum Gasteiger partial charge on any atom is 0.418 e. The number of halogens is 3. The molecule has 6 heteroatoms. The van der Waals surface area contributed by atoms with E-state index in [2.05, 4.69) is 4.98 Å². The van der Waals surface area contributed by atoms with Crippen molar-refractivity contribution in [3.8, 4) is 17.6 Å². The molecule has 0 saturated heterocycles. The molecule has 0 fully saturated rings. The predicted molar refractivity (Wildman–Crippen MR) is 79.2 cm³/mol. The molecule has 0 radical (unpaired) electrons. The smallest absolute Gasteiger partial charge is 0.418 e. The summed E-state index contributed by atoms with van der Waals surface area (Å²) in [5, 5.41) is 8.97. The van der Waals surface area contributed by atoms with Gasteiger partial charge in [-0.1, -0.05) is 32.9 Å². The largest absolute Gasteiger partial charge is 0.454 e. The fourth-order valence-electron chi connectivity index (χ4n) is 1.91. The Morgan fingerprint density at radius 3 is 2.13 bits per heavy atom. The van der Waals surface area contributed by atoms with Crippen LogP contribution >= 0.6 is 0 Å². The maximum absolute atomic E-state index is 12.7. The third-order valence-electron chi connectivity index (χ3n) is 3.23. The van der Waals surface area contributed by atoms with Crippen molar-refractivity contribution >= 4 is 0 Å². The number of hydrogen-bond acceptors (Lipinski definition) is 3. The van der Waals surface area contributed by atoms with E-state index in [-0.39, 0.29) is 16.9 Å². The molecule has 0 aliphatic rings. The van der Waals surface area contributed by atoms with Crippen molar-refractivity contribution in [3.05, 3.63) is 53.3 Å². The van der Waals surface area contributed by atoms with Crippen LogP contribution in [0.3, 0.4) is 0 Å². The Hall–Kier alpha value is -2.55. The number of rotatable bonds is 2. The van der Waals surface area contributed by atoms with Crippen LogP contribution in [0.2, 0.25) is 0 Å². The minimum Gasteiger partial charge on any atom is -0.454 e. The zero-order valence-corrected chi connectivity index (χ0v) is 12.9. The lowest BCUT2D eigenvalue weighted by Crippen LogP contribution is -2.10. The van der Waals surface area contributed by atoms with Crippen molar-refractivity contribution in [1.29, 1.82) is 5.26 Å². The summed E-state index contributed by atoms with van der Waals surface area (Å²) in [5.41, 5.74) is -0.142. The van der Waals surface area contributed by atoms with Crippen molar-refractivity contribution in [1.82, 2.24) is 4.98 Å². The number of aromatic nitrogens is 1. The molecule has 0 atom stereocenters. The Morgan fingerprint density at radius 1 is 1.04 bits per heavy atom. The van der Waals surface area contributed by atoms with Gasteiger partial charge in [0.25, 0.3) is 0 Å². The SMILES string of the molecule is CC(C)(C)c1ccc(Oc2cc(C(F)(F)F)cnc2C#N)cc1. The zero-order valence-electron chi connectivity index (χ0n) is 12.9. The first-order valence-electron chi connectivity index (χ1n) is 6.87. The van der Waals surface area contributed by atoms with Gasteiger partial charge in [-0.25, -0.2) is 4.98 Å². The summed E-state index contributed by atoms with van der Waals surface area (Å²) < 4.78 is 43.7. The molecular weight excluding hydrogens is 305 g/mol. The number of nitriles is 1. The maximum atomic E-state index is 12.7. The van der Waals surface area contributed by atoms with Gasteiger partial charge in [-0.2, -0.15) is 18.4 Å². The molecule has 1 heterocycles. The average molecular weight is 320 g/mol. The standard InChI is InChI=1S/C17H15F3N2O/c1-16(2,3)11-4-6-13(7-5-11)23-15-8-12(17(18,19)20)10-22-14(15)9-21/h4-8,10H,1-3H3. The van der Waals surface area contributed by atoms with E-state index in [1.54, 1.807) is 18.2 Å². The Balaban J connectivity index is 2.34. The van der Waals surface area contributed by atoms with Gasteiger partial charge in [-0.3, -0.25) is 0 Å². The van der Waals surface area contributed by atoms with E-state index in [1.807, 2.05) is 32.9 Å². The van der Waals surface area contributed by atoms with Crippen LogP contribution < -0.4 is 4.74 Å². The summed E-state index contributed by atoms with van der Waals surface area (Å²) in [6.07, 6.45) is -3.93. The molecule has 120 valence electrons. The number of pyridine rings is 1. The van der Waals surface area contributed by atoms with Gasteiger partial charge in [0.05, 0.1) is 5.56 Å². The summed E-state index contributed by atoms with van der Waals surface area (Å²) in [5.74, 6) is 0.126. The third kappa shape index (κ3) is 4.01. The van der Waals surface area contributed by atoms with Crippen molar-refractivity contribution < 1.29 is 17.9 Å². The van der Waals surface area contributed by atoms with Gasteiger partial charge in [0.2, 0.25) is 0 Å². The molecule has 1 aromatic carbocycles. The fourth-order valence-corrected chi connectivity index (χ4v) is 1.91. The second-order valence-electron chi connectivity index (χ2n) is 6.06. The summed E-state index contributed by atoms with van der Waals surface area (Å²) in [4.78, 5) is 3.51. The molecule has 0 bridgehead atoms. The van der Waals surface area contributed by atoms with Crippen molar-refractivity contribution in [2.45, 2.75) is 32.4 Å². The second kappa shape index (κ2) is 5.92.